The van der Waals surface area contributed by atoms with Gasteiger partial charge in [0.25, 0.3) is 0 Å². The number of carboxylic acids is 1. The van der Waals surface area contributed by atoms with Crippen molar-refractivity contribution in [1.29, 1.82) is 0 Å². The van der Waals surface area contributed by atoms with E-state index in [0.717, 1.165) is 5.56 Å². The lowest BCUT2D eigenvalue weighted by molar-refractivity contribution is -0.115. The Balaban J connectivity index is 2.18. The lowest BCUT2D eigenvalue weighted by Crippen LogP contribution is -2.17. The van der Waals surface area contributed by atoms with Gasteiger partial charge in [-0.1, -0.05) is 6.07 Å². The highest BCUT2D eigenvalue weighted by molar-refractivity contribution is 9.10. The molecule has 102 valence electrons. The molecule has 1 amide bonds. The van der Waals surface area contributed by atoms with Gasteiger partial charge in [-0.05, 0) is 45.8 Å². The third-order valence-corrected chi connectivity index (χ3v) is 3.28. The van der Waals surface area contributed by atoms with Crippen LogP contribution in [0, 0.1) is 0 Å². The number of pyridine rings is 1. The van der Waals surface area contributed by atoms with E-state index in [1.54, 1.807) is 36.7 Å². The van der Waals surface area contributed by atoms with Gasteiger partial charge in [-0.15, -0.1) is 0 Å². The third-order valence-electron chi connectivity index (χ3n) is 2.62. The van der Waals surface area contributed by atoms with Gasteiger partial charge in [-0.2, -0.15) is 0 Å². The lowest BCUT2D eigenvalue weighted by atomic mass is 10.1. The lowest BCUT2D eigenvalue weighted by Gasteiger charge is -2.10. The van der Waals surface area contributed by atoms with Crippen molar-refractivity contribution in [3.8, 4) is 0 Å². The van der Waals surface area contributed by atoms with Crippen LogP contribution in [0.1, 0.15) is 15.9 Å². The zero-order valence-electron chi connectivity index (χ0n) is 10.3. The summed E-state index contributed by atoms with van der Waals surface area (Å²) in [6.45, 7) is 0. The predicted octanol–water partition coefficient (Wildman–Crippen LogP) is 2.72. The fourth-order valence-electron chi connectivity index (χ4n) is 1.70. The molecular formula is C14H11BrN2O3. The SMILES string of the molecule is O=C(Cc1ccncc1)Nc1c(Br)cccc1C(=O)O. The number of rotatable bonds is 4. The smallest absolute Gasteiger partial charge is 0.337 e. The number of anilines is 1. The molecule has 20 heavy (non-hydrogen) atoms. The van der Waals surface area contributed by atoms with Crippen LogP contribution >= 0.6 is 15.9 Å². The van der Waals surface area contributed by atoms with Gasteiger partial charge in [0.15, 0.2) is 0 Å². The summed E-state index contributed by atoms with van der Waals surface area (Å²) in [7, 11) is 0. The van der Waals surface area contributed by atoms with Gasteiger partial charge in [0, 0.05) is 16.9 Å². The fourth-order valence-corrected chi connectivity index (χ4v) is 2.16. The molecule has 6 heteroatoms. The topological polar surface area (TPSA) is 79.3 Å². The van der Waals surface area contributed by atoms with Crippen LogP contribution in [0.15, 0.2) is 47.2 Å². The van der Waals surface area contributed by atoms with Crippen molar-refractivity contribution in [2.45, 2.75) is 6.42 Å². The van der Waals surface area contributed by atoms with Gasteiger partial charge in [0.05, 0.1) is 17.7 Å². The highest BCUT2D eigenvalue weighted by atomic mass is 79.9. The Bertz CT molecular complexity index is 644. The van der Waals surface area contributed by atoms with Crippen molar-refractivity contribution < 1.29 is 14.7 Å². The van der Waals surface area contributed by atoms with Gasteiger partial charge in [0.2, 0.25) is 5.91 Å². The first-order valence-corrected chi connectivity index (χ1v) is 6.58. The number of amides is 1. The monoisotopic (exact) mass is 334 g/mol. The second-order valence-electron chi connectivity index (χ2n) is 4.05. The highest BCUT2D eigenvalue weighted by Gasteiger charge is 2.15. The fraction of sp³-hybridized carbons (Fsp3) is 0.0714. The Labute approximate surface area is 123 Å². The van der Waals surface area contributed by atoms with Crippen LogP contribution in [0.3, 0.4) is 0 Å². The number of aromatic nitrogens is 1. The molecule has 0 fully saturated rings. The van der Waals surface area contributed by atoms with E-state index in [1.165, 1.54) is 6.07 Å². The number of nitrogens with zero attached hydrogens (tertiary/aromatic N) is 1. The van der Waals surface area contributed by atoms with E-state index in [-0.39, 0.29) is 23.6 Å². The number of nitrogens with one attached hydrogen (secondary N) is 1. The van der Waals surface area contributed by atoms with Crippen LogP contribution in [0.2, 0.25) is 0 Å². The maximum atomic E-state index is 12.0. The number of halogens is 1. The minimum absolute atomic E-state index is 0.0439. The van der Waals surface area contributed by atoms with Gasteiger partial charge in [0.1, 0.15) is 0 Å². The van der Waals surface area contributed by atoms with Crippen molar-refractivity contribution in [3.63, 3.8) is 0 Å². The molecule has 0 saturated carbocycles. The maximum Gasteiger partial charge on any atom is 0.337 e. The van der Waals surface area contributed by atoms with Gasteiger partial charge >= 0.3 is 5.97 Å². The maximum absolute atomic E-state index is 12.0. The molecule has 2 aromatic rings. The number of benzene rings is 1. The Morgan fingerprint density at radius 3 is 2.55 bits per heavy atom. The quantitative estimate of drug-likeness (QED) is 0.900. The summed E-state index contributed by atoms with van der Waals surface area (Å²) in [5.41, 5.74) is 1.11. The van der Waals surface area contributed by atoms with E-state index >= 15 is 0 Å². The number of para-hydroxylation sites is 1. The van der Waals surface area contributed by atoms with E-state index in [0.29, 0.717) is 4.47 Å². The van der Waals surface area contributed by atoms with E-state index in [1.807, 2.05) is 0 Å². The first kappa shape index (κ1) is 14.2. The van der Waals surface area contributed by atoms with Crippen molar-refractivity contribution in [2.75, 3.05) is 5.32 Å². The molecule has 0 aliphatic heterocycles. The van der Waals surface area contributed by atoms with E-state index in [4.69, 9.17) is 5.11 Å². The number of aromatic carboxylic acids is 1. The first-order valence-electron chi connectivity index (χ1n) is 5.78. The Kier molecular flexibility index (Phi) is 4.47. The molecule has 0 aliphatic rings. The molecule has 1 aromatic heterocycles. The molecule has 2 rings (SSSR count). The number of hydrogen-bond donors (Lipinski definition) is 2. The standard InChI is InChI=1S/C14H11BrN2O3/c15-11-3-1-2-10(14(19)20)13(11)17-12(18)8-9-4-6-16-7-5-9/h1-7H,8H2,(H,17,18)(H,19,20). The predicted molar refractivity (Wildman–Crippen MR) is 77.7 cm³/mol. The van der Waals surface area contributed by atoms with Crippen molar-refractivity contribution in [1.82, 2.24) is 4.98 Å². The van der Waals surface area contributed by atoms with Gasteiger partial charge in [-0.3, -0.25) is 9.78 Å². The minimum atomic E-state index is -1.09. The van der Waals surface area contributed by atoms with E-state index < -0.39 is 5.97 Å². The summed E-state index contributed by atoms with van der Waals surface area (Å²) in [5.74, 6) is -1.38. The largest absolute Gasteiger partial charge is 0.478 e. The molecule has 5 nitrogen and oxygen atoms in total. The summed E-state index contributed by atoms with van der Waals surface area (Å²) in [4.78, 5) is 27.0. The van der Waals surface area contributed by atoms with Crippen LogP contribution in [-0.2, 0) is 11.2 Å². The molecule has 2 N–H and O–H groups in total. The van der Waals surface area contributed by atoms with E-state index in [9.17, 15) is 9.59 Å². The van der Waals surface area contributed by atoms with Crippen LogP contribution in [0.25, 0.3) is 0 Å². The van der Waals surface area contributed by atoms with E-state index in [2.05, 4.69) is 26.2 Å². The zero-order chi connectivity index (χ0) is 14.5. The molecule has 1 aromatic carbocycles. The average molecular weight is 335 g/mol. The Morgan fingerprint density at radius 1 is 1.20 bits per heavy atom. The summed E-state index contributed by atoms with van der Waals surface area (Å²) in [6, 6.07) is 8.19. The molecule has 0 aliphatic carbocycles. The highest BCUT2D eigenvalue weighted by Crippen LogP contribution is 2.26. The van der Waals surface area contributed by atoms with Crippen molar-refractivity contribution in [3.05, 3.63) is 58.3 Å². The molecule has 0 radical (unpaired) electrons. The molecule has 0 bridgehead atoms. The summed E-state index contributed by atoms with van der Waals surface area (Å²) in [5, 5.41) is 11.7. The summed E-state index contributed by atoms with van der Waals surface area (Å²) < 4.78 is 0.528. The van der Waals surface area contributed by atoms with Crippen LogP contribution in [0.4, 0.5) is 5.69 Å². The zero-order valence-corrected chi connectivity index (χ0v) is 11.9. The van der Waals surface area contributed by atoms with Crippen LogP contribution in [0.5, 0.6) is 0 Å². The van der Waals surface area contributed by atoms with Crippen molar-refractivity contribution in [2.24, 2.45) is 0 Å². The molecule has 1 heterocycles. The molecule has 0 atom stereocenters. The number of carbonyl (C=O) groups is 2. The molecule has 0 spiro atoms. The number of carbonyl (C=O) groups excluding carboxylic acids is 1. The number of hydrogen-bond acceptors (Lipinski definition) is 3. The second kappa shape index (κ2) is 6.29. The summed E-state index contributed by atoms with van der Waals surface area (Å²) in [6.07, 6.45) is 3.36. The average Bonchev–Trinajstić information content (AvgIpc) is 2.42. The molecular weight excluding hydrogens is 324 g/mol. The second-order valence-corrected chi connectivity index (χ2v) is 4.90. The Morgan fingerprint density at radius 2 is 1.90 bits per heavy atom. The van der Waals surface area contributed by atoms with Gasteiger partial charge in [-0.25, -0.2) is 4.79 Å². The normalized spacial score (nSPS) is 10.1. The van der Waals surface area contributed by atoms with Crippen molar-refractivity contribution >= 4 is 33.5 Å². The molecule has 0 saturated heterocycles. The summed E-state index contributed by atoms with van der Waals surface area (Å²) >= 11 is 3.24. The minimum Gasteiger partial charge on any atom is -0.478 e. The van der Waals surface area contributed by atoms with Crippen LogP contribution in [-0.4, -0.2) is 22.0 Å². The molecule has 0 unspecified atom stereocenters. The third kappa shape index (κ3) is 3.42. The first-order chi connectivity index (χ1) is 9.58. The Hall–Kier alpha value is -2.21. The number of carboxylic acid groups (broad SMARTS) is 1. The van der Waals surface area contributed by atoms with Crippen LogP contribution < -0.4 is 5.32 Å². The van der Waals surface area contributed by atoms with Gasteiger partial charge < -0.3 is 10.4 Å².